The Hall–Kier alpha value is -2.39. The number of benzene rings is 2. The number of anilines is 1. The predicted molar refractivity (Wildman–Crippen MR) is 135 cm³/mol. The Balaban J connectivity index is 2.37. The molecule has 9 heteroatoms. The molecule has 0 aromatic heterocycles. The first-order valence-electron chi connectivity index (χ1n) is 10.8. The normalized spacial score (nSPS) is 13.2. The van der Waals surface area contributed by atoms with Crippen molar-refractivity contribution in [3.8, 4) is 0 Å². The molecule has 0 spiro atoms. The van der Waals surface area contributed by atoms with E-state index in [2.05, 4.69) is 21.2 Å². The van der Waals surface area contributed by atoms with Crippen LogP contribution in [0, 0.1) is 6.92 Å². The number of carbonyl (C=O) groups is 2. The lowest BCUT2D eigenvalue weighted by atomic mass is 10.1. The molecule has 0 heterocycles. The maximum atomic E-state index is 13.5. The van der Waals surface area contributed by atoms with Gasteiger partial charge in [0.25, 0.3) is 0 Å². The van der Waals surface area contributed by atoms with Gasteiger partial charge in [0.15, 0.2) is 0 Å². The van der Waals surface area contributed by atoms with Crippen molar-refractivity contribution in [2.75, 3.05) is 17.1 Å². The van der Waals surface area contributed by atoms with Crippen LogP contribution in [0.1, 0.15) is 38.3 Å². The fraction of sp³-hybridized carbons (Fsp3) is 0.417. The SMILES string of the molecule is CC[C@@H](C)NC(=O)[C@H](C)N(Cc1cccc(Br)c1)C(=O)CN(c1ccc(C)cc1)S(C)(=O)=O. The molecule has 2 aromatic carbocycles. The number of carbonyl (C=O) groups excluding carboxylic acids is 2. The molecule has 33 heavy (non-hydrogen) atoms. The third-order valence-corrected chi connectivity index (χ3v) is 7.05. The van der Waals surface area contributed by atoms with Crippen molar-refractivity contribution in [1.29, 1.82) is 0 Å². The molecular formula is C24H32BrN3O4S. The summed E-state index contributed by atoms with van der Waals surface area (Å²) >= 11 is 3.43. The summed E-state index contributed by atoms with van der Waals surface area (Å²) in [7, 11) is -3.73. The van der Waals surface area contributed by atoms with Crippen molar-refractivity contribution >= 4 is 43.5 Å². The molecule has 0 aliphatic heterocycles. The van der Waals surface area contributed by atoms with E-state index >= 15 is 0 Å². The quantitative estimate of drug-likeness (QED) is 0.498. The maximum absolute atomic E-state index is 13.5. The van der Waals surface area contributed by atoms with E-state index in [0.29, 0.717) is 5.69 Å². The molecule has 1 N–H and O–H groups in total. The number of rotatable bonds is 10. The van der Waals surface area contributed by atoms with E-state index in [9.17, 15) is 18.0 Å². The molecule has 0 aliphatic rings. The lowest BCUT2D eigenvalue weighted by Crippen LogP contribution is -2.52. The van der Waals surface area contributed by atoms with E-state index in [4.69, 9.17) is 0 Å². The Morgan fingerprint density at radius 1 is 1.09 bits per heavy atom. The number of amides is 2. The second kappa shape index (κ2) is 11.7. The van der Waals surface area contributed by atoms with Crippen LogP contribution in [0.2, 0.25) is 0 Å². The smallest absolute Gasteiger partial charge is 0.244 e. The molecule has 2 aromatic rings. The lowest BCUT2D eigenvalue weighted by Gasteiger charge is -2.32. The van der Waals surface area contributed by atoms with Gasteiger partial charge in [0.2, 0.25) is 21.8 Å². The van der Waals surface area contributed by atoms with Crippen LogP contribution in [0.5, 0.6) is 0 Å². The van der Waals surface area contributed by atoms with Gasteiger partial charge in [-0.1, -0.05) is 52.7 Å². The first-order valence-corrected chi connectivity index (χ1v) is 13.4. The molecule has 0 saturated heterocycles. The highest BCUT2D eigenvalue weighted by Crippen LogP contribution is 2.20. The second-order valence-electron chi connectivity index (χ2n) is 8.25. The number of sulfonamides is 1. The molecule has 0 unspecified atom stereocenters. The molecular weight excluding hydrogens is 506 g/mol. The van der Waals surface area contributed by atoms with Crippen LogP contribution in [0.25, 0.3) is 0 Å². The summed E-state index contributed by atoms with van der Waals surface area (Å²) in [5.41, 5.74) is 2.20. The Labute approximate surface area is 205 Å². The standard InChI is InChI=1S/C24H32BrN3O4S/c1-6-18(3)26-24(30)19(4)27(15-20-8-7-9-21(25)14-20)23(29)16-28(33(5,31)32)22-12-10-17(2)11-13-22/h7-14,18-19H,6,15-16H2,1-5H3,(H,26,30)/t18-,19+/m1/s1. The van der Waals surface area contributed by atoms with Gasteiger partial charge in [-0.2, -0.15) is 0 Å². The van der Waals surface area contributed by atoms with Gasteiger partial charge in [0.05, 0.1) is 11.9 Å². The largest absolute Gasteiger partial charge is 0.352 e. The molecule has 0 bridgehead atoms. The van der Waals surface area contributed by atoms with Crippen LogP contribution in [-0.4, -0.2) is 50.0 Å². The van der Waals surface area contributed by atoms with Gasteiger partial charge in [0.1, 0.15) is 12.6 Å². The highest BCUT2D eigenvalue weighted by Gasteiger charge is 2.30. The third kappa shape index (κ3) is 7.85. The number of nitrogens with one attached hydrogen (secondary N) is 1. The van der Waals surface area contributed by atoms with Crippen LogP contribution < -0.4 is 9.62 Å². The summed E-state index contributed by atoms with van der Waals surface area (Å²) in [6.45, 7) is 7.18. The van der Waals surface area contributed by atoms with Crippen LogP contribution in [0.4, 0.5) is 5.69 Å². The average Bonchev–Trinajstić information content (AvgIpc) is 2.75. The van der Waals surface area contributed by atoms with Gasteiger partial charge in [-0.25, -0.2) is 8.42 Å². The highest BCUT2D eigenvalue weighted by molar-refractivity contribution is 9.10. The predicted octanol–water partition coefficient (Wildman–Crippen LogP) is 3.86. The van der Waals surface area contributed by atoms with E-state index < -0.39 is 28.5 Å². The fourth-order valence-electron chi connectivity index (χ4n) is 3.20. The zero-order chi connectivity index (χ0) is 24.8. The molecule has 7 nitrogen and oxygen atoms in total. The van der Waals surface area contributed by atoms with E-state index in [1.165, 1.54) is 4.90 Å². The maximum Gasteiger partial charge on any atom is 0.244 e. The average molecular weight is 539 g/mol. The number of hydrogen-bond acceptors (Lipinski definition) is 4. The minimum atomic E-state index is -3.73. The molecule has 2 rings (SSSR count). The number of halogens is 1. The molecule has 2 atom stereocenters. The second-order valence-corrected chi connectivity index (χ2v) is 11.1. The third-order valence-electron chi connectivity index (χ3n) is 5.41. The topological polar surface area (TPSA) is 86.8 Å². The van der Waals surface area contributed by atoms with E-state index in [1.54, 1.807) is 31.2 Å². The zero-order valence-electron chi connectivity index (χ0n) is 19.7. The van der Waals surface area contributed by atoms with Crippen LogP contribution >= 0.6 is 15.9 Å². The summed E-state index contributed by atoms with van der Waals surface area (Å²) in [5.74, 6) is -0.748. The fourth-order valence-corrected chi connectivity index (χ4v) is 4.50. The summed E-state index contributed by atoms with van der Waals surface area (Å²) in [5, 5.41) is 2.91. The van der Waals surface area contributed by atoms with Gasteiger partial charge in [-0.05, 0) is 57.0 Å². The Kier molecular flexibility index (Phi) is 9.48. The van der Waals surface area contributed by atoms with Crippen molar-refractivity contribution in [1.82, 2.24) is 10.2 Å². The molecule has 180 valence electrons. The van der Waals surface area contributed by atoms with Crippen molar-refractivity contribution in [2.24, 2.45) is 0 Å². The van der Waals surface area contributed by atoms with Gasteiger partial charge in [0, 0.05) is 17.1 Å². The summed E-state index contributed by atoms with van der Waals surface area (Å²) in [6, 6.07) is 13.5. The van der Waals surface area contributed by atoms with Crippen molar-refractivity contribution in [3.63, 3.8) is 0 Å². The minimum Gasteiger partial charge on any atom is -0.352 e. The first-order chi connectivity index (χ1) is 15.4. The summed E-state index contributed by atoms with van der Waals surface area (Å²) in [6.07, 6.45) is 1.82. The summed E-state index contributed by atoms with van der Waals surface area (Å²) < 4.78 is 27.0. The van der Waals surface area contributed by atoms with Crippen molar-refractivity contribution < 1.29 is 18.0 Å². The van der Waals surface area contributed by atoms with E-state index in [-0.39, 0.29) is 18.5 Å². The van der Waals surface area contributed by atoms with Crippen LogP contribution in [0.15, 0.2) is 53.0 Å². The minimum absolute atomic E-state index is 0.0390. The van der Waals surface area contributed by atoms with Crippen LogP contribution in [0.3, 0.4) is 0 Å². The Morgan fingerprint density at radius 2 is 1.73 bits per heavy atom. The number of hydrogen-bond donors (Lipinski definition) is 1. The van der Waals surface area contributed by atoms with Crippen molar-refractivity contribution in [2.45, 2.75) is 52.7 Å². The monoisotopic (exact) mass is 537 g/mol. The molecule has 0 fully saturated rings. The Bertz CT molecular complexity index is 1070. The van der Waals surface area contributed by atoms with Gasteiger partial charge < -0.3 is 10.2 Å². The zero-order valence-corrected chi connectivity index (χ0v) is 22.1. The van der Waals surface area contributed by atoms with Gasteiger partial charge in [-0.3, -0.25) is 13.9 Å². The lowest BCUT2D eigenvalue weighted by molar-refractivity contribution is -0.139. The van der Waals surface area contributed by atoms with E-state index in [1.807, 2.05) is 45.0 Å². The number of nitrogens with zero attached hydrogens (tertiary/aromatic N) is 2. The molecule has 0 aliphatic carbocycles. The highest BCUT2D eigenvalue weighted by atomic mass is 79.9. The Morgan fingerprint density at radius 3 is 2.27 bits per heavy atom. The van der Waals surface area contributed by atoms with Crippen molar-refractivity contribution in [3.05, 3.63) is 64.1 Å². The van der Waals surface area contributed by atoms with Crippen LogP contribution in [-0.2, 0) is 26.2 Å². The van der Waals surface area contributed by atoms with E-state index in [0.717, 1.165) is 32.6 Å². The molecule has 0 saturated carbocycles. The number of aryl methyl sites for hydroxylation is 1. The van der Waals surface area contributed by atoms with Gasteiger partial charge in [-0.15, -0.1) is 0 Å². The summed E-state index contributed by atoms with van der Waals surface area (Å²) in [4.78, 5) is 27.7. The molecule has 0 radical (unpaired) electrons. The molecule has 2 amide bonds. The van der Waals surface area contributed by atoms with Gasteiger partial charge >= 0.3 is 0 Å². The first kappa shape index (κ1) is 26.9.